The van der Waals surface area contributed by atoms with Crippen LogP contribution < -0.4 is 10.2 Å². The normalized spacial score (nSPS) is 14.4. The highest BCUT2D eigenvalue weighted by Gasteiger charge is 2.22. The zero-order chi connectivity index (χ0) is 22.7. The number of amides is 1. The SMILES string of the molecule is Cc1nn(Cc2ccc(C(=O)Nc3ccc(C[NH+]4CCCCC4)cc3)o2)c(C)c1[N+](=O)[O-]. The minimum absolute atomic E-state index is 0.000133. The fourth-order valence-corrected chi connectivity index (χ4v) is 4.25. The number of likely N-dealkylation sites (tertiary alicyclic amines) is 1. The van der Waals surface area contributed by atoms with E-state index in [1.54, 1.807) is 30.9 Å². The van der Waals surface area contributed by atoms with E-state index in [0.717, 1.165) is 6.54 Å². The highest BCUT2D eigenvalue weighted by molar-refractivity contribution is 6.02. The number of benzene rings is 1. The number of anilines is 1. The summed E-state index contributed by atoms with van der Waals surface area (Å²) in [6.45, 7) is 6.92. The first-order chi connectivity index (χ1) is 15.4. The quantitative estimate of drug-likeness (QED) is 0.436. The van der Waals surface area contributed by atoms with Crippen LogP contribution in [0.25, 0.3) is 0 Å². The molecule has 0 saturated carbocycles. The lowest BCUT2D eigenvalue weighted by atomic mass is 10.1. The molecular weight excluding hydrogens is 410 g/mol. The van der Waals surface area contributed by atoms with E-state index in [1.165, 1.54) is 42.6 Å². The van der Waals surface area contributed by atoms with Crippen molar-refractivity contribution in [1.29, 1.82) is 0 Å². The molecule has 3 heterocycles. The fourth-order valence-electron chi connectivity index (χ4n) is 4.25. The van der Waals surface area contributed by atoms with Crippen LogP contribution in [0.15, 0.2) is 40.8 Å². The number of carbonyl (C=O) groups is 1. The number of piperidine rings is 1. The molecule has 9 heteroatoms. The number of aryl methyl sites for hydroxylation is 1. The van der Waals surface area contributed by atoms with E-state index < -0.39 is 4.92 Å². The molecule has 1 aromatic carbocycles. The monoisotopic (exact) mass is 438 g/mol. The number of furan rings is 1. The van der Waals surface area contributed by atoms with Gasteiger partial charge in [0.05, 0.1) is 24.6 Å². The van der Waals surface area contributed by atoms with Crippen molar-refractivity contribution in [2.45, 2.75) is 46.2 Å². The van der Waals surface area contributed by atoms with E-state index in [9.17, 15) is 14.9 Å². The number of hydrogen-bond acceptors (Lipinski definition) is 5. The summed E-state index contributed by atoms with van der Waals surface area (Å²) in [6.07, 6.45) is 3.93. The van der Waals surface area contributed by atoms with E-state index in [-0.39, 0.29) is 23.9 Å². The largest absolute Gasteiger partial charge is 0.454 e. The molecule has 1 aliphatic heterocycles. The van der Waals surface area contributed by atoms with Gasteiger partial charge in [0.25, 0.3) is 5.91 Å². The van der Waals surface area contributed by atoms with E-state index in [1.807, 2.05) is 12.1 Å². The van der Waals surface area contributed by atoms with Crippen molar-refractivity contribution in [2.24, 2.45) is 0 Å². The van der Waals surface area contributed by atoms with Gasteiger partial charge in [-0.15, -0.1) is 0 Å². The molecule has 3 aromatic rings. The van der Waals surface area contributed by atoms with Gasteiger partial charge >= 0.3 is 5.69 Å². The lowest BCUT2D eigenvalue weighted by Gasteiger charge is -2.23. The lowest BCUT2D eigenvalue weighted by Crippen LogP contribution is -3.11. The Hall–Kier alpha value is -3.46. The molecule has 1 saturated heterocycles. The maximum absolute atomic E-state index is 12.6. The Morgan fingerprint density at radius 2 is 1.88 bits per heavy atom. The predicted octanol–water partition coefficient (Wildman–Crippen LogP) is 2.87. The Kier molecular flexibility index (Phi) is 6.36. The second-order valence-corrected chi connectivity index (χ2v) is 8.34. The van der Waals surface area contributed by atoms with Crippen molar-refractivity contribution >= 4 is 17.3 Å². The molecule has 9 nitrogen and oxygen atoms in total. The number of nitro groups is 1. The maximum atomic E-state index is 12.6. The van der Waals surface area contributed by atoms with E-state index in [0.29, 0.717) is 22.8 Å². The van der Waals surface area contributed by atoms with Crippen LogP contribution >= 0.6 is 0 Å². The van der Waals surface area contributed by atoms with Crippen LogP contribution in [0.3, 0.4) is 0 Å². The number of nitrogens with one attached hydrogen (secondary N) is 2. The number of rotatable bonds is 7. The third-order valence-electron chi connectivity index (χ3n) is 5.94. The molecule has 1 aliphatic rings. The first kappa shape index (κ1) is 21.8. The number of quaternary nitrogens is 1. The van der Waals surface area contributed by atoms with Crippen molar-refractivity contribution < 1.29 is 19.0 Å². The summed E-state index contributed by atoms with van der Waals surface area (Å²) < 4.78 is 7.18. The summed E-state index contributed by atoms with van der Waals surface area (Å²) in [7, 11) is 0. The summed E-state index contributed by atoms with van der Waals surface area (Å²) in [6, 6.07) is 11.2. The average Bonchev–Trinajstić information content (AvgIpc) is 3.34. The number of aromatic nitrogens is 2. The van der Waals surface area contributed by atoms with Crippen molar-refractivity contribution in [2.75, 3.05) is 18.4 Å². The highest BCUT2D eigenvalue weighted by Crippen LogP contribution is 2.23. The van der Waals surface area contributed by atoms with Gasteiger partial charge in [-0.2, -0.15) is 5.10 Å². The molecule has 2 N–H and O–H groups in total. The van der Waals surface area contributed by atoms with Crippen LogP contribution in [-0.4, -0.2) is 33.7 Å². The Labute approximate surface area is 186 Å². The Morgan fingerprint density at radius 1 is 1.16 bits per heavy atom. The number of hydrogen-bond donors (Lipinski definition) is 2. The third-order valence-corrected chi connectivity index (χ3v) is 5.94. The molecule has 0 unspecified atom stereocenters. The topological polar surface area (TPSA) is 108 Å². The van der Waals surface area contributed by atoms with Crippen molar-refractivity contribution in [3.63, 3.8) is 0 Å². The zero-order valence-corrected chi connectivity index (χ0v) is 18.4. The third kappa shape index (κ3) is 4.88. The van der Waals surface area contributed by atoms with Crippen LogP contribution in [0.4, 0.5) is 11.4 Å². The highest BCUT2D eigenvalue weighted by atomic mass is 16.6. The van der Waals surface area contributed by atoms with Crippen LogP contribution in [0.2, 0.25) is 0 Å². The molecule has 1 fully saturated rings. The van der Waals surface area contributed by atoms with Crippen LogP contribution in [0, 0.1) is 24.0 Å². The van der Waals surface area contributed by atoms with Gasteiger partial charge in [-0.25, -0.2) is 0 Å². The molecule has 0 aliphatic carbocycles. The molecule has 1 amide bonds. The van der Waals surface area contributed by atoms with Crippen LogP contribution in [0.5, 0.6) is 0 Å². The van der Waals surface area contributed by atoms with Gasteiger partial charge in [0.15, 0.2) is 5.76 Å². The van der Waals surface area contributed by atoms with Crippen molar-refractivity contribution in [3.8, 4) is 0 Å². The van der Waals surface area contributed by atoms with Crippen molar-refractivity contribution in [1.82, 2.24) is 9.78 Å². The minimum Gasteiger partial charge on any atom is -0.454 e. The Bertz CT molecular complexity index is 1110. The van der Waals surface area contributed by atoms with Crippen LogP contribution in [0.1, 0.15) is 52.5 Å². The summed E-state index contributed by atoms with van der Waals surface area (Å²) in [5.41, 5.74) is 2.77. The molecule has 32 heavy (non-hydrogen) atoms. The smallest absolute Gasteiger partial charge is 0.312 e. The second kappa shape index (κ2) is 9.35. The number of carbonyl (C=O) groups excluding carboxylic acids is 1. The molecule has 0 spiro atoms. The van der Waals surface area contributed by atoms with Gasteiger partial charge in [0, 0.05) is 11.3 Å². The molecule has 0 atom stereocenters. The maximum Gasteiger partial charge on any atom is 0.312 e. The Balaban J connectivity index is 1.36. The number of nitrogens with zero attached hydrogens (tertiary/aromatic N) is 3. The van der Waals surface area contributed by atoms with E-state index in [4.69, 9.17) is 4.42 Å². The molecule has 4 rings (SSSR count). The molecule has 168 valence electrons. The summed E-state index contributed by atoms with van der Waals surface area (Å²) in [5.74, 6) is 0.332. The van der Waals surface area contributed by atoms with Gasteiger partial charge in [0.1, 0.15) is 23.7 Å². The van der Waals surface area contributed by atoms with Gasteiger partial charge in [0.2, 0.25) is 0 Å². The fraction of sp³-hybridized carbons (Fsp3) is 0.391. The molecule has 0 bridgehead atoms. The van der Waals surface area contributed by atoms with E-state index in [2.05, 4.69) is 22.5 Å². The molecule has 0 radical (unpaired) electrons. The second-order valence-electron chi connectivity index (χ2n) is 8.34. The first-order valence-electron chi connectivity index (χ1n) is 10.9. The van der Waals surface area contributed by atoms with Gasteiger partial charge < -0.3 is 14.6 Å². The molecule has 2 aromatic heterocycles. The summed E-state index contributed by atoms with van der Waals surface area (Å²) in [5, 5.41) is 18.2. The summed E-state index contributed by atoms with van der Waals surface area (Å²) >= 11 is 0. The van der Waals surface area contributed by atoms with Crippen LogP contribution in [-0.2, 0) is 13.1 Å². The minimum atomic E-state index is -0.436. The zero-order valence-electron chi connectivity index (χ0n) is 18.4. The van der Waals surface area contributed by atoms with Gasteiger partial charge in [-0.3, -0.25) is 19.6 Å². The van der Waals surface area contributed by atoms with E-state index >= 15 is 0 Å². The van der Waals surface area contributed by atoms with Crippen molar-refractivity contribution in [3.05, 3.63) is 75.0 Å². The Morgan fingerprint density at radius 3 is 2.53 bits per heavy atom. The molecular formula is C23H28N5O4+. The van der Waals surface area contributed by atoms with Gasteiger partial charge in [-0.05, 0) is 57.4 Å². The lowest BCUT2D eigenvalue weighted by molar-refractivity contribution is -0.918. The first-order valence-corrected chi connectivity index (χ1v) is 10.9. The summed E-state index contributed by atoms with van der Waals surface area (Å²) in [4.78, 5) is 24.9. The predicted molar refractivity (Wildman–Crippen MR) is 119 cm³/mol. The standard InChI is InChI=1S/C23H27N5O4/c1-16-22(28(30)31)17(2)27(25-16)15-20-10-11-21(32-20)23(29)24-19-8-6-18(7-9-19)14-26-12-4-3-5-13-26/h6-11H,3-5,12-15H2,1-2H3,(H,24,29)/p+1. The average molecular weight is 439 g/mol. The van der Waals surface area contributed by atoms with Gasteiger partial charge in [-0.1, -0.05) is 12.1 Å².